The molecule has 6 rings (SSSR count). The Hall–Kier alpha value is -4.31. The van der Waals surface area contributed by atoms with Gasteiger partial charge < -0.3 is 20.3 Å². The van der Waals surface area contributed by atoms with Crippen LogP contribution in [0, 0.1) is 5.92 Å². The normalized spacial score (nSPS) is 16.3. The van der Waals surface area contributed by atoms with E-state index in [1.165, 1.54) is 0 Å². The zero-order chi connectivity index (χ0) is 26.1. The Bertz CT molecular complexity index is 1470. The van der Waals surface area contributed by atoms with E-state index in [1.54, 1.807) is 30.7 Å². The van der Waals surface area contributed by atoms with Crippen molar-refractivity contribution in [2.24, 2.45) is 5.92 Å². The minimum atomic E-state index is -0.345. The zero-order valence-corrected chi connectivity index (χ0v) is 21.1. The molecule has 0 radical (unpaired) electrons. The van der Waals surface area contributed by atoms with Gasteiger partial charge in [0.2, 0.25) is 11.8 Å². The summed E-state index contributed by atoms with van der Waals surface area (Å²) in [5, 5.41) is 13.7. The fourth-order valence-electron chi connectivity index (χ4n) is 4.61. The molecule has 1 saturated carbocycles. The Balaban J connectivity index is 1.15. The maximum absolute atomic E-state index is 13.1. The Labute approximate surface area is 219 Å². The molecule has 4 aromatic rings. The number of pyridine rings is 2. The van der Waals surface area contributed by atoms with Gasteiger partial charge in [-0.3, -0.25) is 19.7 Å². The summed E-state index contributed by atoms with van der Waals surface area (Å²) in [4.78, 5) is 36.2. The molecule has 0 bridgehead atoms. The summed E-state index contributed by atoms with van der Waals surface area (Å²) in [6.45, 7) is 2.02. The molecule has 10 heteroatoms. The number of rotatable bonds is 7. The number of piperidine rings is 1. The van der Waals surface area contributed by atoms with Crippen molar-refractivity contribution < 1.29 is 14.3 Å². The van der Waals surface area contributed by atoms with E-state index in [9.17, 15) is 9.59 Å². The lowest BCUT2D eigenvalue weighted by Gasteiger charge is -2.28. The number of benzene rings is 1. The van der Waals surface area contributed by atoms with Crippen LogP contribution in [0.25, 0.3) is 22.0 Å². The molecule has 3 aromatic heterocycles. The van der Waals surface area contributed by atoms with Crippen LogP contribution in [0.5, 0.6) is 5.88 Å². The first kappa shape index (κ1) is 24.1. The first-order valence-corrected chi connectivity index (χ1v) is 12.9. The Morgan fingerprint density at radius 2 is 1.79 bits per heavy atom. The number of amides is 2. The number of aromatic nitrogens is 4. The molecule has 2 aliphatic rings. The smallest absolute Gasteiger partial charge is 0.276 e. The number of likely N-dealkylation sites (tertiary alicyclic amines) is 1. The lowest BCUT2D eigenvalue weighted by molar-refractivity contribution is -0.117. The summed E-state index contributed by atoms with van der Waals surface area (Å²) >= 11 is 0. The Morgan fingerprint density at radius 1 is 0.947 bits per heavy atom. The highest BCUT2D eigenvalue weighted by molar-refractivity contribution is 6.11. The predicted octanol–water partition coefficient (Wildman–Crippen LogP) is 4.09. The van der Waals surface area contributed by atoms with Crippen molar-refractivity contribution in [3.8, 4) is 17.0 Å². The van der Waals surface area contributed by atoms with Crippen molar-refractivity contribution in [2.45, 2.75) is 31.8 Å². The monoisotopic (exact) mass is 511 g/mol. The fraction of sp³-hybridized carbons (Fsp3) is 0.321. The average molecular weight is 512 g/mol. The van der Waals surface area contributed by atoms with E-state index in [-0.39, 0.29) is 29.5 Å². The Kier molecular flexibility index (Phi) is 6.47. The van der Waals surface area contributed by atoms with E-state index in [0.717, 1.165) is 55.4 Å². The van der Waals surface area contributed by atoms with Gasteiger partial charge in [0.1, 0.15) is 6.10 Å². The van der Waals surface area contributed by atoms with Gasteiger partial charge in [-0.05, 0) is 62.6 Å². The molecule has 3 N–H and O–H groups in total. The van der Waals surface area contributed by atoms with Crippen LogP contribution in [0.4, 0.5) is 11.4 Å². The highest BCUT2D eigenvalue weighted by atomic mass is 16.5. The third-order valence-corrected chi connectivity index (χ3v) is 7.01. The maximum atomic E-state index is 13.1. The van der Waals surface area contributed by atoms with Gasteiger partial charge in [-0.1, -0.05) is 6.07 Å². The summed E-state index contributed by atoms with van der Waals surface area (Å²) in [6.07, 6.45) is 8.94. The van der Waals surface area contributed by atoms with Gasteiger partial charge in [-0.2, -0.15) is 5.10 Å². The van der Waals surface area contributed by atoms with Gasteiger partial charge in [-0.15, -0.1) is 0 Å². The van der Waals surface area contributed by atoms with E-state index in [0.29, 0.717) is 22.6 Å². The van der Waals surface area contributed by atoms with Crippen molar-refractivity contribution in [3.05, 3.63) is 60.7 Å². The average Bonchev–Trinajstić information content (AvgIpc) is 3.70. The van der Waals surface area contributed by atoms with Crippen molar-refractivity contribution in [1.29, 1.82) is 0 Å². The van der Waals surface area contributed by atoms with Gasteiger partial charge in [0.05, 0.1) is 29.3 Å². The van der Waals surface area contributed by atoms with Crippen LogP contribution in [-0.4, -0.2) is 63.1 Å². The number of nitrogens with zero attached hydrogens (tertiary/aromatic N) is 4. The summed E-state index contributed by atoms with van der Waals surface area (Å²) in [5.74, 6) is 0.351. The molecule has 10 nitrogen and oxygen atoms in total. The molecule has 2 fully saturated rings. The largest absolute Gasteiger partial charge is 0.474 e. The van der Waals surface area contributed by atoms with Crippen molar-refractivity contribution >= 4 is 34.1 Å². The summed E-state index contributed by atoms with van der Waals surface area (Å²) in [6, 6.07) is 11.1. The van der Waals surface area contributed by atoms with Crippen LogP contribution < -0.4 is 15.4 Å². The second-order valence-corrected chi connectivity index (χ2v) is 10.0. The number of carbonyl (C=O) groups is 2. The number of carbonyl (C=O) groups excluding carboxylic acids is 2. The van der Waals surface area contributed by atoms with Crippen molar-refractivity contribution in [1.82, 2.24) is 25.1 Å². The lowest BCUT2D eigenvalue weighted by atomic mass is 10.0. The van der Waals surface area contributed by atoms with E-state index in [2.05, 4.69) is 42.7 Å². The highest BCUT2D eigenvalue weighted by Gasteiger charge is 2.29. The van der Waals surface area contributed by atoms with E-state index in [1.807, 2.05) is 24.3 Å². The third kappa shape index (κ3) is 5.35. The van der Waals surface area contributed by atoms with Crippen LogP contribution in [0.2, 0.25) is 0 Å². The topological polar surface area (TPSA) is 125 Å². The van der Waals surface area contributed by atoms with Crippen LogP contribution >= 0.6 is 0 Å². The van der Waals surface area contributed by atoms with E-state index in [4.69, 9.17) is 4.74 Å². The number of ether oxygens (including phenoxy) is 1. The summed E-state index contributed by atoms with van der Waals surface area (Å²) < 4.78 is 6.00. The molecule has 4 heterocycles. The number of aromatic amines is 1. The SMILES string of the molecule is CN1CCC(Oc2ccc(NC(=O)c3n[nH]c4ccc(-c5cncc(NC(=O)C6CC6)c5)cc34)cn2)CC1. The molecule has 2 amide bonds. The molecule has 38 heavy (non-hydrogen) atoms. The van der Waals surface area contributed by atoms with E-state index < -0.39 is 0 Å². The number of nitrogens with one attached hydrogen (secondary N) is 3. The fourth-order valence-corrected chi connectivity index (χ4v) is 4.61. The van der Waals surface area contributed by atoms with Gasteiger partial charge in [0.15, 0.2) is 5.69 Å². The second-order valence-electron chi connectivity index (χ2n) is 10.0. The Morgan fingerprint density at radius 3 is 2.55 bits per heavy atom. The lowest BCUT2D eigenvalue weighted by Crippen LogP contribution is -2.35. The van der Waals surface area contributed by atoms with Gasteiger partial charge >= 0.3 is 0 Å². The summed E-state index contributed by atoms with van der Waals surface area (Å²) in [5.41, 5.74) is 3.92. The molecule has 0 atom stereocenters. The van der Waals surface area contributed by atoms with E-state index >= 15 is 0 Å². The van der Waals surface area contributed by atoms with Gasteiger partial charge in [0, 0.05) is 42.2 Å². The van der Waals surface area contributed by atoms with Crippen molar-refractivity contribution in [3.63, 3.8) is 0 Å². The minimum absolute atomic E-state index is 0.0316. The first-order chi connectivity index (χ1) is 18.5. The predicted molar refractivity (Wildman–Crippen MR) is 144 cm³/mol. The molecule has 0 unspecified atom stereocenters. The molecule has 0 spiro atoms. The number of hydrogen-bond donors (Lipinski definition) is 3. The molecular weight excluding hydrogens is 482 g/mol. The zero-order valence-electron chi connectivity index (χ0n) is 21.1. The highest BCUT2D eigenvalue weighted by Crippen LogP contribution is 2.31. The molecule has 1 aliphatic heterocycles. The molecule has 1 aliphatic carbocycles. The maximum Gasteiger partial charge on any atom is 0.276 e. The van der Waals surface area contributed by atoms with Gasteiger partial charge in [-0.25, -0.2) is 4.98 Å². The standard InChI is InChI=1S/C28H29N7O3/c1-35-10-8-22(9-11-35)38-25-7-5-20(16-30-25)31-28(37)26-23-13-18(4-6-24(23)33-34-26)19-12-21(15-29-14-19)32-27(36)17-2-3-17/h4-7,12-17,22H,2-3,8-11H2,1H3,(H,31,37)(H,32,36)(H,33,34). The number of fused-ring (bicyclic) bond motifs is 1. The molecular formula is C28H29N7O3. The van der Waals surface area contributed by atoms with Crippen LogP contribution in [0.3, 0.4) is 0 Å². The number of anilines is 2. The minimum Gasteiger partial charge on any atom is -0.474 e. The number of H-pyrrole nitrogens is 1. The van der Waals surface area contributed by atoms with Crippen LogP contribution in [0.1, 0.15) is 36.2 Å². The van der Waals surface area contributed by atoms with Crippen molar-refractivity contribution in [2.75, 3.05) is 30.8 Å². The van der Waals surface area contributed by atoms with Crippen LogP contribution in [-0.2, 0) is 4.79 Å². The van der Waals surface area contributed by atoms with Gasteiger partial charge in [0.25, 0.3) is 5.91 Å². The number of hydrogen-bond acceptors (Lipinski definition) is 7. The first-order valence-electron chi connectivity index (χ1n) is 12.9. The second kappa shape index (κ2) is 10.2. The quantitative estimate of drug-likeness (QED) is 0.341. The third-order valence-electron chi connectivity index (χ3n) is 7.01. The molecule has 1 saturated heterocycles. The summed E-state index contributed by atoms with van der Waals surface area (Å²) in [7, 11) is 2.11. The molecule has 194 valence electrons. The van der Waals surface area contributed by atoms with Crippen LogP contribution in [0.15, 0.2) is 55.0 Å². The molecule has 1 aromatic carbocycles.